The molecular formula is C18H26Cl2N4O8S. The van der Waals surface area contributed by atoms with Crippen molar-refractivity contribution >= 4 is 47.5 Å². The Hall–Kier alpha value is -2.58. The number of rotatable bonds is 9. The highest BCUT2D eigenvalue weighted by Crippen LogP contribution is 2.16. The summed E-state index contributed by atoms with van der Waals surface area (Å²) < 4.78 is 2.11. The molecular weight excluding hydrogens is 503 g/mol. The van der Waals surface area contributed by atoms with Crippen LogP contribution in [0.25, 0.3) is 0 Å². The molecule has 0 aliphatic carbocycles. The lowest BCUT2D eigenvalue weighted by Gasteiger charge is -2.18. The molecule has 0 spiro atoms. The molecule has 33 heavy (non-hydrogen) atoms. The van der Waals surface area contributed by atoms with Gasteiger partial charge in [0.2, 0.25) is 5.51 Å². The summed E-state index contributed by atoms with van der Waals surface area (Å²) >= 11 is 1.65. The number of aliphatic carboxylic acids is 3. The molecule has 2 rings (SSSR count). The van der Waals surface area contributed by atoms with Crippen LogP contribution in [-0.2, 0) is 27.3 Å². The summed E-state index contributed by atoms with van der Waals surface area (Å²) in [5.41, 5.74) is 7.27. The van der Waals surface area contributed by atoms with E-state index < -0.39 is 36.4 Å². The third-order valence-electron chi connectivity index (χ3n) is 4.14. The maximum atomic E-state index is 10.3. The summed E-state index contributed by atoms with van der Waals surface area (Å²) in [6.45, 7) is 4.71. The Balaban J connectivity index is 0. The van der Waals surface area contributed by atoms with E-state index >= 15 is 0 Å². The molecule has 0 amide bonds. The number of aryl methyl sites for hydroxylation is 1. The Morgan fingerprint density at radius 2 is 1.70 bits per heavy atom. The second-order valence-electron chi connectivity index (χ2n) is 6.64. The summed E-state index contributed by atoms with van der Waals surface area (Å²) in [5, 5.41) is 42.8. The number of thiazole rings is 1. The maximum Gasteiger partial charge on any atom is 0.336 e. The van der Waals surface area contributed by atoms with Gasteiger partial charge in [0.1, 0.15) is 11.6 Å². The number of aliphatic hydroxyl groups excluding tert-OH is 1. The van der Waals surface area contributed by atoms with Gasteiger partial charge in [0.05, 0.1) is 23.3 Å². The van der Waals surface area contributed by atoms with Crippen molar-refractivity contribution in [2.24, 2.45) is 0 Å². The molecule has 0 aliphatic rings. The van der Waals surface area contributed by atoms with Gasteiger partial charge in [-0.1, -0.05) is 11.3 Å². The first-order valence-corrected chi connectivity index (χ1v) is 9.82. The lowest BCUT2D eigenvalue weighted by molar-refractivity contribution is -0.689. The van der Waals surface area contributed by atoms with E-state index in [-0.39, 0.29) is 31.4 Å². The molecule has 15 heteroatoms. The second-order valence-corrected chi connectivity index (χ2v) is 7.58. The van der Waals surface area contributed by atoms with E-state index in [1.807, 2.05) is 19.4 Å². The molecule has 7 N–H and O–H groups in total. The Labute approximate surface area is 205 Å². The molecule has 0 atom stereocenters. The summed E-state index contributed by atoms with van der Waals surface area (Å²) in [7, 11) is 0. The third kappa shape index (κ3) is 10.3. The number of carbonyl (C=O) groups is 3. The number of hydrogen-bond donors (Lipinski definition) is 6. The average molecular weight is 529 g/mol. The van der Waals surface area contributed by atoms with E-state index in [4.69, 9.17) is 31.3 Å². The summed E-state index contributed by atoms with van der Waals surface area (Å²) in [6, 6.07) is 0. The molecule has 2 aromatic heterocycles. The number of carboxylic acids is 3. The molecule has 0 saturated heterocycles. The van der Waals surface area contributed by atoms with Gasteiger partial charge in [-0.05, 0) is 6.92 Å². The van der Waals surface area contributed by atoms with E-state index in [1.165, 1.54) is 4.88 Å². The van der Waals surface area contributed by atoms with E-state index in [1.54, 1.807) is 17.5 Å². The Kier molecular flexibility index (Phi) is 14.4. The zero-order valence-electron chi connectivity index (χ0n) is 17.8. The summed E-state index contributed by atoms with van der Waals surface area (Å²) in [6.07, 6.45) is 0.181. The summed E-state index contributed by atoms with van der Waals surface area (Å²) in [5.74, 6) is -3.80. The molecule has 12 nitrogen and oxygen atoms in total. The number of halogens is 2. The van der Waals surface area contributed by atoms with Gasteiger partial charge >= 0.3 is 17.9 Å². The van der Waals surface area contributed by atoms with Crippen LogP contribution in [0, 0.1) is 13.8 Å². The van der Waals surface area contributed by atoms with Gasteiger partial charge in [0, 0.05) is 26.1 Å². The van der Waals surface area contributed by atoms with Crippen LogP contribution in [0.3, 0.4) is 0 Å². The number of anilines is 1. The minimum absolute atomic E-state index is 0. The molecule has 0 aliphatic heterocycles. The van der Waals surface area contributed by atoms with Gasteiger partial charge < -0.3 is 43.7 Å². The molecule has 2 aromatic rings. The van der Waals surface area contributed by atoms with Gasteiger partial charge in [-0.3, -0.25) is 9.59 Å². The van der Waals surface area contributed by atoms with Crippen molar-refractivity contribution in [3.05, 3.63) is 33.7 Å². The molecule has 0 saturated carbocycles. The van der Waals surface area contributed by atoms with Gasteiger partial charge in [0.15, 0.2) is 17.8 Å². The van der Waals surface area contributed by atoms with Gasteiger partial charge in [-0.25, -0.2) is 14.8 Å². The molecule has 0 fully saturated rings. The van der Waals surface area contributed by atoms with Crippen LogP contribution < -0.4 is 22.7 Å². The first kappa shape index (κ1) is 32.6. The van der Waals surface area contributed by atoms with Crippen LogP contribution in [0.4, 0.5) is 5.82 Å². The minimum atomic E-state index is -2.74. The zero-order chi connectivity index (χ0) is 23.8. The van der Waals surface area contributed by atoms with Gasteiger partial charge in [-0.15, -0.1) is 12.4 Å². The lowest BCUT2D eigenvalue weighted by atomic mass is 9.96. The van der Waals surface area contributed by atoms with E-state index in [0.29, 0.717) is 24.6 Å². The third-order valence-corrected chi connectivity index (χ3v) is 5.28. The Bertz CT molecular complexity index is 942. The highest BCUT2D eigenvalue weighted by Gasteiger charge is 2.40. The van der Waals surface area contributed by atoms with Crippen molar-refractivity contribution in [3.8, 4) is 0 Å². The van der Waals surface area contributed by atoms with Crippen LogP contribution in [0.15, 0.2) is 11.7 Å². The molecule has 0 radical (unpaired) electrons. The number of hydrogen-bond acceptors (Lipinski definition) is 9. The zero-order valence-corrected chi connectivity index (χ0v) is 20.2. The Morgan fingerprint density at radius 3 is 2.12 bits per heavy atom. The number of nitrogen functional groups attached to an aromatic ring is 1. The quantitative estimate of drug-likeness (QED) is 0.178. The van der Waals surface area contributed by atoms with Crippen molar-refractivity contribution < 1.29 is 56.9 Å². The largest absolute Gasteiger partial charge is 1.00 e. The predicted octanol–water partition coefficient (Wildman–Crippen LogP) is -3.21. The van der Waals surface area contributed by atoms with Crippen LogP contribution in [0.1, 0.15) is 34.8 Å². The minimum Gasteiger partial charge on any atom is -1.00 e. The molecule has 186 valence electrons. The fraction of sp³-hybridized carbons (Fsp3) is 0.444. The first-order valence-electron chi connectivity index (χ1n) is 8.94. The van der Waals surface area contributed by atoms with E-state index in [0.717, 1.165) is 11.3 Å². The number of nitrogens with two attached hydrogens (primary N) is 1. The molecule has 2 heterocycles. The van der Waals surface area contributed by atoms with Crippen LogP contribution in [-0.4, -0.2) is 65.6 Å². The summed E-state index contributed by atoms with van der Waals surface area (Å²) in [4.78, 5) is 40.0. The van der Waals surface area contributed by atoms with Crippen molar-refractivity contribution in [1.29, 1.82) is 0 Å². The average Bonchev–Trinajstić information content (AvgIpc) is 2.97. The number of aromatic nitrogens is 3. The standard InChI is InChI=1S/C12H17N4OS.C6H8O7.2ClH/c1-8-11(3-4-17)18-7-16(8)6-10-5-14-9(2)15-12(10)13;7-3(8)1-6(13,5(11)12)2-4(9)10;;/h5,7,17H,3-4,6H2,1-2H3,(H2,13,14,15);13H,1-2H2,(H,7,8)(H,9,10)(H,11,12);2*1H/q+1;;;/p-1. The monoisotopic (exact) mass is 528 g/mol. The van der Waals surface area contributed by atoms with Crippen molar-refractivity contribution in [3.63, 3.8) is 0 Å². The highest BCUT2D eigenvalue weighted by atomic mass is 35.5. The van der Waals surface area contributed by atoms with Gasteiger partial charge in [0.25, 0.3) is 0 Å². The van der Waals surface area contributed by atoms with Gasteiger partial charge in [-0.2, -0.15) is 4.57 Å². The molecule has 0 bridgehead atoms. The Morgan fingerprint density at radius 1 is 1.15 bits per heavy atom. The fourth-order valence-corrected chi connectivity index (χ4v) is 3.46. The van der Waals surface area contributed by atoms with Crippen molar-refractivity contribution in [2.45, 2.75) is 45.3 Å². The van der Waals surface area contributed by atoms with E-state index in [9.17, 15) is 14.4 Å². The van der Waals surface area contributed by atoms with Crippen LogP contribution in [0.5, 0.6) is 0 Å². The predicted molar refractivity (Wildman–Crippen MR) is 115 cm³/mol. The molecule has 0 aromatic carbocycles. The van der Waals surface area contributed by atoms with Crippen LogP contribution >= 0.6 is 23.7 Å². The van der Waals surface area contributed by atoms with Crippen molar-refractivity contribution in [1.82, 2.24) is 9.97 Å². The second kappa shape index (κ2) is 14.5. The smallest absolute Gasteiger partial charge is 0.336 e. The number of aliphatic hydroxyl groups is 2. The number of carboxylic acid groups (broad SMARTS) is 3. The molecule has 0 unspecified atom stereocenters. The fourth-order valence-electron chi connectivity index (χ4n) is 2.48. The van der Waals surface area contributed by atoms with Crippen molar-refractivity contribution in [2.75, 3.05) is 12.3 Å². The highest BCUT2D eigenvalue weighted by molar-refractivity contribution is 7.09. The van der Waals surface area contributed by atoms with E-state index in [2.05, 4.69) is 14.5 Å². The van der Waals surface area contributed by atoms with Crippen LogP contribution in [0.2, 0.25) is 0 Å². The topological polar surface area (TPSA) is 208 Å². The normalized spacial score (nSPS) is 10.2. The SMILES string of the molecule is Cc1ncc(C[n+]2csc(CCO)c2C)c(N)n1.Cl.O=C(O)CC(O)(CC(=O)O)C(=O)O.[Cl-]. The maximum absolute atomic E-state index is 10.3. The first-order chi connectivity index (χ1) is 14.4. The lowest BCUT2D eigenvalue weighted by Crippen LogP contribution is -3.00. The number of nitrogens with zero attached hydrogens (tertiary/aromatic N) is 3.